The van der Waals surface area contributed by atoms with Gasteiger partial charge in [-0.2, -0.15) is 13.2 Å². The van der Waals surface area contributed by atoms with E-state index in [-0.39, 0.29) is 17.5 Å². The van der Waals surface area contributed by atoms with E-state index in [1.165, 1.54) is 19.3 Å². The highest BCUT2D eigenvalue weighted by Gasteiger charge is 2.53. The number of carbonyl (C=O) groups is 1. The third-order valence-corrected chi connectivity index (χ3v) is 8.93. The summed E-state index contributed by atoms with van der Waals surface area (Å²) in [6.45, 7) is 11.0. The van der Waals surface area contributed by atoms with Crippen molar-refractivity contribution < 1.29 is 27.4 Å². The van der Waals surface area contributed by atoms with Crippen molar-refractivity contribution in [3.63, 3.8) is 0 Å². The Balaban J connectivity index is 1.85. The Morgan fingerprint density at radius 2 is 1.60 bits per heavy atom. The number of aromatic nitrogens is 1. The maximum atomic E-state index is 14.3. The van der Waals surface area contributed by atoms with Gasteiger partial charge >= 0.3 is 6.18 Å². The summed E-state index contributed by atoms with van der Waals surface area (Å²) >= 11 is 0. The van der Waals surface area contributed by atoms with E-state index in [1.54, 1.807) is 12.1 Å². The molecule has 5 nitrogen and oxygen atoms in total. The number of nitrogens with zero attached hydrogens (tertiary/aromatic N) is 1. The van der Waals surface area contributed by atoms with Crippen LogP contribution >= 0.6 is 0 Å². The fourth-order valence-electron chi connectivity index (χ4n) is 5.96. The maximum absolute atomic E-state index is 14.3. The number of alkyl halides is 3. The van der Waals surface area contributed by atoms with Crippen molar-refractivity contribution in [2.75, 3.05) is 20.3 Å². The highest BCUT2D eigenvalue weighted by atomic mass is 19.4. The number of carbonyl (C=O) groups excluding carboxylic acids is 1. The van der Waals surface area contributed by atoms with Gasteiger partial charge in [0, 0.05) is 44.3 Å². The minimum absolute atomic E-state index is 0.0517. The number of nitrogens with one attached hydrogen (secondary N) is 1. The molecule has 1 atom stereocenters. The van der Waals surface area contributed by atoms with Crippen molar-refractivity contribution in [2.24, 2.45) is 5.92 Å². The molecule has 1 N–H and O–H groups in total. The third-order valence-electron chi connectivity index (χ3n) is 8.93. The van der Waals surface area contributed by atoms with Crippen molar-refractivity contribution in [1.29, 1.82) is 0 Å². The van der Waals surface area contributed by atoms with Crippen LogP contribution in [-0.2, 0) is 27.0 Å². The Bertz CT molecular complexity index is 1190. The van der Waals surface area contributed by atoms with Crippen LogP contribution in [0.2, 0.25) is 0 Å². The smallest absolute Gasteiger partial charge is 0.381 e. The second kappa shape index (κ2) is 11.9. The molecule has 222 valence electrons. The lowest BCUT2D eigenvalue weighted by molar-refractivity contribution is -0.269. The average molecular weight is 563 g/mol. The quantitative estimate of drug-likeness (QED) is 0.377. The van der Waals surface area contributed by atoms with Crippen LogP contribution in [0.1, 0.15) is 99.8 Å². The van der Waals surface area contributed by atoms with E-state index >= 15 is 0 Å². The minimum Gasteiger partial charge on any atom is -0.381 e. The number of halogens is 3. The number of rotatable bonds is 7. The molecular weight excluding hydrogens is 517 g/mol. The monoisotopic (exact) mass is 562 g/mol. The summed E-state index contributed by atoms with van der Waals surface area (Å²) in [6.07, 6.45) is 2.75. The second-order valence-electron chi connectivity index (χ2n) is 12.8. The van der Waals surface area contributed by atoms with E-state index in [1.807, 2.05) is 39.8 Å². The van der Waals surface area contributed by atoms with Crippen LogP contribution < -0.4 is 5.32 Å². The number of hydrogen-bond acceptors (Lipinski definition) is 3. The molecule has 1 saturated carbocycles. The number of hydrogen-bond donors (Lipinski definition) is 1. The van der Waals surface area contributed by atoms with Gasteiger partial charge in [0.1, 0.15) is 0 Å². The molecule has 1 amide bonds. The van der Waals surface area contributed by atoms with E-state index in [9.17, 15) is 18.0 Å². The van der Waals surface area contributed by atoms with E-state index in [0.717, 1.165) is 63.2 Å². The Morgan fingerprint density at radius 1 is 0.975 bits per heavy atom. The fraction of sp³-hybridized carbons (Fsp3) is 0.656. The molecule has 8 heteroatoms. The van der Waals surface area contributed by atoms with Crippen molar-refractivity contribution in [1.82, 2.24) is 9.88 Å². The average Bonchev–Trinajstić information content (AvgIpc) is 3.23. The van der Waals surface area contributed by atoms with Crippen molar-refractivity contribution >= 4 is 5.91 Å². The molecule has 2 aromatic rings. The first-order valence-corrected chi connectivity index (χ1v) is 14.6. The first-order chi connectivity index (χ1) is 18.7. The predicted molar refractivity (Wildman–Crippen MR) is 152 cm³/mol. The van der Waals surface area contributed by atoms with Gasteiger partial charge in [0.15, 0.2) is 5.60 Å². The van der Waals surface area contributed by atoms with Crippen molar-refractivity contribution in [2.45, 2.75) is 109 Å². The van der Waals surface area contributed by atoms with Crippen LogP contribution in [-0.4, -0.2) is 43.0 Å². The summed E-state index contributed by atoms with van der Waals surface area (Å²) in [6, 6.07) is 7.10. The van der Waals surface area contributed by atoms with Gasteiger partial charge in [0.05, 0.1) is 5.56 Å². The van der Waals surface area contributed by atoms with Gasteiger partial charge in [0.25, 0.3) is 5.91 Å². The molecule has 2 fully saturated rings. The summed E-state index contributed by atoms with van der Waals surface area (Å²) in [4.78, 5) is 13.5. The Kier molecular flexibility index (Phi) is 9.10. The predicted octanol–water partition coefficient (Wildman–Crippen LogP) is 7.67. The first-order valence-electron chi connectivity index (χ1n) is 14.6. The van der Waals surface area contributed by atoms with Crippen LogP contribution in [0.5, 0.6) is 0 Å². The fourth-order valence-corrected chi connectivity index (χ4v) is 5.96. The van der Waals surface area contributed by atoms with Gasteiger partial charge in [-0.3, -0.25) is 4.79 Å². The molecule has 1 aliphatic carbocycles. The van der Waals surface area contributed by atoms with Crippen LogP contribution in [0.4, 0.5) is 13.2 Å². The van der Waals surface area contributed by atoms with E-state index < -0.39 is 17.2 Å². The molecule has 2 heterocycles. The van der Waals surface area contributed by atoms with Gasteiger partial charge in [-0.25, -0.2) is 0 Å². The third kappa shape index (κ3) is 6.43. The van der Waals surface area contributed by atoms with Crippen LogP contribution in [0.25, 0.3) is 11.3 Å². The van der Waals surface area contributed by atoms with Gasteiger partial charge in [-0.05, 0) is 85.8 Å². The van der Waals surface area contributed by atoms with E-state index in [4.69, 9.17) is 9.47 Å². The molecule has 4 rings (SSSR count). The normalized spacial score (nSPS) is 19.4. The zero-order valence-electron chi connectivity index (χ0n) is 24.8. The SMILES string of the molecule is COC(C)(c1cc(-c2cc(C(=O)NC3CCOCC3)c(C)n2CC2CCCCC2)cc(C(C)(C)C)c1)C(F)(F)F. The number of ether oxygens (including phenoxy) is 2. The zero-order valence-corrected chi connectivity index (χ0v) is 24.8. The number of methoxy groups -OCH3 is 1. The largest absolute Gasteiger partial charge is 0.421 e. The molecule has 40 heavy (non-hydrogen) atoms. The van der Waals surface area contributed by atoms with Gasteiger partial charge in [0.2, 0.25) is 0 Å². The Morgan fingerprint density at radius 3 is 2.17 bits per heavy atom. The summed E-state index contributed by atoms with van der Waals surface area (Å²) in [5, 5.41) is 3.17. The molecular formula is C32H45F3N2O3. The van der Waals surface area contributed by atoms with Crippen LogP contribution in [0.15, 0.2) is 24.3 Å². The molecule has 1 aromatic carbocycles. The summed E-state index contributed by atoms with van der Waals surface area (Å²) in [7, 11) is 1.10. The van der Waals surface area contributed by atoms with Crippen LogP contribution in [0.3, 0.4) is 0 Å². The number of benzene rings is 1. The molecule has 1 aliphatic heterocycles. The lowest BCUT2D eigenvalue weighted by Crippen LogP contribution is -2.41. The molecule has 0 bridgehead atoms. The summed E-state index contributed by atoms with van der Waals surface area (Å²) < 4.78 is 55.8. The maximum Gasteiger partial charge on any atom is 0.421 e. The van der Waals surface area contributed by atoms with Crippen LogP contribution in [0, 0.1) is 12.8 Å². The molecule has 0 radical (unpaired) electrons. The topological polar surface area (TPSA) is 52.5 Å². The lowest BCUT2D eigenvalue weighted by atomic mass is 9.81. The number of amides is 1. The minimum atomic E-state index is -4.61. The summed E-state index contributed by atoms with van der Waals surface area (Å²) in [5.74, 6) is 0.326. The highest BCUT2D eigenvalue weighted by molar-refractivity contribution is 5.97. The van der Waals surface area contributed by atoms with Gasteiger partial charge < -0.3 is 19.4 Å². The summed E-state index contributed by atoms with van der Waals surface area (Å²) in [5.41, 5.74) is 0.826. The van der Waals surface area contributed by atoms with E-state index in [2.05, 4.69) is 9.88 Å². The Labute approximate surface area is 236 Å². The molecule has 1 unspecified atom stereocenters. The first kappa shape index (κ1) is 30.6. The van der Waals surface area contributed by atoms with Gasteiger partial charge in [-0.15, -0.1) is 0 Å². The Hall–Kier alpha value is -2.32. The molecule has 1 aromatic heterocycles. The zero-order chi connectivity index (χ0) is 29.3. The second-order valence-corrected chi connectivity index (χ2v) is 12.8. The molecule has 0 spiro atoms. The van der Waals surface area contributed by atoms with Crippen molar-refractivity contribution in [3.05, 3.63) is 46.6 Å². The van der Waals surface area contributed by atoms with Gasteiger partial charge in [-0.1, -0.05) is 46.1 Å². The standard InChI is InChI=1S/C32H45F3N2O3/c1-21-27(29(38)36-26-12-14-40-15-13-26)19-28(37(21)20-22-10-8-7-9-11-22)23-16-24(30(2,3)4)18-25(17-23)31(5,39-6)32(33,34)35/h16-19,22,26H,7-15,20H2,1-6H3,(H,36,38). The van der Waals surface area contributed by atoms with E-state index in [0.29, 0.717) is 30.3 Å². The van der Waals surface area contributed by atoms with Crippen molar-refractivity contribution in [3.8, 4) is 11.3 Å². The molecule has 2 aliphatic rings. The highest BCUT2D eigenvalue weighted by Crippen LogP contribution is 2.44. The molecule has 1 saturated heterocycles. The lowest BCUT2D eigenvalue weighted by Gasteiger charge is -2.33.